The fraction of sp³-hybridized carbons (Fsp3) is 0.0556. The van der Waals surface area contributed by atoms with Crippen LogP contribution in [0.25, 0.3) is 16.7 Å². The number of carbonyl (C=O) groups is 1. The van der Waals surface area contributed by atoms with Crippen molar-refractivity contribution in [3.63, 3.8) is 0 Å². The highest BCUT2D eigenvalue weighted by atomic mass is 16.1. The molecule has 0 unspecified atom stereocenters. The van der Waals surface area contributed by atoms with Gasteiger partial charge in [0.25, 0.3) is 5.91 Å². The predicted octanol–water partition coefficient (Wildman–Crippen LogP) is 3.31. The lowest BCUT2D eigenvalue weighted by Crippen LogP contribution is -2.11. The lowest BCUT2D eigenvalue weighted by atomic mass is 10.1. The van der Waals surface area contributed by atoms with Gasteiger partial charge in [-0.05, 0) is 25.1 Å². The second kappa shape index (κ2) is 5.66. The van der Waals surface area contributed by atoms with Crippen LogP contribution in [0.1, 0.15) is 16.2 Å². The fourth-order valence-corrected chi connectivity index (χ4v) is 2.68. The number of para-hydroxylation sites is 1. The van der Waals surface area contributed by atoms with Crippen LogP contribution in [0.2, 0.25) is 0 Å². The number of pyridine rings is 1. The average molecular weight is 317 g/mol. The van der Waals surface area contributed by atoms with Crippen molar-refractivity contribution in [1.29, 1.82) is 0 Å². The summed E-state index contributed by atoms with van der Waals surface area (Å²) < 4.78 is 1.88. The van der Waals surface area contributed by atoms with Gasteiger partial charge < -0.3 is 10.3 Å². The second-order valence-corrected chi connectivity index (χ2v) is 5.45. The van der Waals surface area contributed by atoms with Gasteiger partial charge in [0.05, 0.1) is 17.4 Å². The van der Waals surface area contributed by atoms with Gasteiger partial charge in [0, 0.05) is 29.5 Å². The first-order valence-electron chi connectivity index (χ1n) is 7.56. The summed E-state index contributed by atoms with van der Waals surface area (Å²) in [6.07, 6.45) is 6.93. The van der Waals surface area contributed by atoms with Crippen molar-refractivity contribution in [2.75, 3.05) is 5.32 Å². The summed E-state index contributed by atoms with van der Waals surface area (Å²) in [5, 5.41) is 3.77. The number of nitrogens with one attached hydrogen (secondary N) is 2. The standard InChI is InChI=1S/C18H15N5O/c1-12-19-8-9-23(12)17-7-6-13(10-21-17)22-18(24)15-11-20-16-5-3-2-4-14(15)16/h2-11,20H,1H3,(H,22,24). The Balaban J connectivity index is 1.57. The van der Waals surface area contributed by atoms with Gasteiger partial charge in [-0.25, -0.2) is 9.97 Å². The van der Waals surface area contributed by atoms with Gasteiger partial charge in [-0.2, -0.15) is 0 Å². The largest absolute Gasteiger partial charge is 0.360 e. The molecular formula is C18H15N5O. The number of hydrogen-bond donors (Lipinski definition) is 2. The van der Waals surface area contributed by atoms with E-state index in [4.69, 9.17) is 0 Å². The summed E-state index contributed by atoms with van der Waals surface area (Å²) in [7, 11) is 0. The van der Waals surface area contributed by atoms with Crippen LogP contribution in [-0.4, -0.2) is 25.4 Å². The number of aromatic nitrogens is 4. The van der Waals surface area contributed by atoms with E-state index < -0.39 is 0 Å². The monoisotopic (exact) mass is 317 g/mol. The number of anilines is 1. The average Bonchev–Trinajstić information content (AvgIpc) is 3.22. The maximum atomic E-state index is 12.5. The second-order valence-electron chi connectivity index (χ2n) is 5.45. The molecule has 118 valence electrons. The summed E-state index contributed by atoms with van der Waals surface area (Å²) in [5.74, 6) is 1.45. The summed E-state index contributed by atoms with van der Waals surface area (Å²) in [5.41, 5.74) is 2.19. The van der Waals surface area contributed by atoms with Crippen molar-refractivity contribution in [2.45, 2.75) is 6.92 Å². The minimum atomic E-state index is -0.166. The van der Waals surface area contributed by atoms with Crippen LogP contribution in [0.15, 0.2) is 61.2 Å². The summed E-state index contributed by atoms with van der Waals surface area (Å²) in [6, 6.07) is 11.4. The van der Waals surface area contributed by atoms with Gasteiger partial charge in [0.1, 0.15) is 11.6 Å². The Kier molecular flexibility index (Phi) is 3.35. The highest BCUT2D eigenvalue weighted by molar-refractivity contribution is 6.12. The minimum Gasteiger partial charge on any atom is -0.360 e. The molecule has 1 aromatic carbocycles. The summed E-state index contributed by atoms with van der Waals surface area (Å²) >= 11 is 0. The molecule has 0 saturated carbocycles. The number of benzene rings is 1. The molecule has 6 nitrogen and oxygen atoms in total. The number of hydrogen-bond acceptors (Lipinski definition) is 3. The van der Waals surface area contributed by atoms with E-state index in [1.165, 1.54) is 0 Å². The zero-order valence-corrected chi connectivity index (χ0v) is 13.0. The third-order valence-corrected chi connectivity index (χ3v) is 3.91. The van der Waals surface area contributed by atoms with Gasteiger partial charge in [0.2, 0.25) is 0 Å². The van der Waals surface area contributed by atoms with E-state index in [1.807, 2.05) is 54.1 Å². The Morgan fingerprint density at radius 2 is 2.04 bits per heavy atom. The molecule has 24 heavy (non-hydrogen) atoms. The van der Waals surface area contributed by atoms with E-state index in [9.17, 15) is 4.79 Å². The number of carbonyl (C=O) groups excluding carboxylic acids is 1. The zero-order valence-electron chi connectivity index (χ0n) is 13.0. The molecule has 0 radical (unpaired) electrons. The van der Waals surface area contributed by atoms with E-state index >= 15 is 0 Å². The number of aryl methyl sites for hydroxylation is 1. The molecule has 0 aliphatic heterocycles. The van der Waals surface area contributed by atoms with Crippen molar-refractivity contribution in [1.82, 2.24) is 19.5 Å². The molecular weight excluding hydrogens is 302 g/mol. The summed E-state index contributed by atoms with van der Waals surface area (Å²) in [4.78, 5) is 24.1. The topological polar surface area (TPSA) is 75.6 Å². The quantitative estimate of drug-likeness (QED) is 0.608. The number of H-pyrrole nitrogens is 1. The van der Waals surface area contributed by atoms with Gasteiger partial charge in [-0.15, -0.1) is 0 Å². The third kappa shape index (κ3) is 2.44. The Hall–Kier alpha value is -3.41. The predicted molar refractivity (Wildman–Crippen MR) is 92.3 cm³/mol. The SMILES string of the molecule is Cc1nccn1-c1ccc(NC(=O)c2c[nH]c3ccccc23)cn1. The van der Waals surface area contributed by atoms with E-state index in [-0.39, 0.29) is 5.91 Å². The lowest BCUT2D eigenvalue weighted by Gasteiger charge is -2.07. The molecule has 2 N–H and O–H groups in total. The normalized spacial score (nSPS) is 10.9. The first-order valence-corrected chi connectivity index (χ1v) is 7.56. The first-order chi connectivity index (χ1) is 11.7. The van der Waals surface area contributed by atoms with Crippen LogP contribution in [0, 0.1) is 6.92 Å². The zero-order chi connectivity index (χ0) is 16.5. The van der Waals surface area contributed by atoms with Crippen molar-refractivity contribution in [3.8, 4) is 5.82 Å². The van der Waals surface area contributed by atoms with Crippen molar-refractivity contribution < 1.29 is 4.79 Å². The molecule has 6 heteroatoms. The molecule has 0 atom stereocenters. The van der Waals surface area contributed by atoms with Gasteiger partial charge in [0.15, 0.2) is 0 Å². The Morgan fingerprint density at radius 1 is 1.17 bits per heavy atom. The molecule has 1 amide bonds. The molecule has 4 rings (SSSR count). The molecule has 4 aromatic rings. The van der Waals surface area contributed by atoms with Crippen LogP contribution < -0.4 is 5.32 Å². The Bertz CT molecular complexity index is 1010. The van der Waals surface area contributed by atoms with E-state index in [0.717, 1.165) is 22.5 Å². The van der Waals surface area contributed by atoms with Gasteiger partial charge in [-0.1, -0.05) is 18.2 Å². The van der Waals surface area contributed by atoms with Crippen molar-refractivity contribution in [3.05, 3.63) is 72.6 Å². The molecule has 0 aliphatic rings. The van der Waals surface area contributed by atoms with E-state index in [1.54, 1.807) is 18.6 Å². The number of fused-ring (bicyclic) bond motifs is 1. The molecule has 0 fully saturated rings. The molecule has 0 bridgehead atoms. The highest BCUT2D eigenvalue weighted by Crippen LogP contribution is 2.19. The molecule has 0 saturated heterocycles. The number of rotatable bonds is 3. The molecule has 0 spiro atoms. The van der Waals surface area contributed by atoms with E-state index in [0.29, 0.717) is 11.3 Å². The maximum absolute atomic E-state index is 12.5. The van der Waals surface area contributed by atoms with Gasteiger partial charge >= 0.3 is 0 Å². The fourth-order valence-electron chi connectivity index (χ4n) is 2.68. The van der Waals surface area contributed by atoms with Crippen LogP contribution >= 0.6 is 0 Å². The molecule has 0 aliphatic carbocycles. The Morgan fingerprint density at radius 3 is 2.79 bits per heavy atom. The highest BCUT2D eigenvalue weighted by Gasteiger charge is 2.12. The minimum absolute atomic E-state index is 0.166. The maximum Gasteiger partial charge on any atom is 0.257 e. The smallest absolute Gasteiger partial charge is 0.257 e. The third-order valence-electron chi connectivity index (χ3n) is 3.91. The number of imidazole rings is 1. The number of aromatic amines is 1. The molecule has 3 aromatic heterocycles. The lowest BCUT2D eigenvalue weighted by molar-refractivity contribution is 0.102. The van der Waals surface area contributed by atoms with Crippen LogP contribution in [0.5, 0.6) is 0 Å². The number of nitrogens with zero attached hydrogens (tertiary/aromatic N) is 3. The van der Waals surface area contributed by atoms with Gasteiger partial charge in [-0.3, -0.25) is 9.36 Å². The van der Waals surface area contributed by atoms with Crippen LogP contribution in [0.3, 0.4) is 0 Å². The Labute approximate surface area is 138 Å². The first kappa shape index (κ1) is 14.2. The van der Waals surface area contributed by atoms with Crippen LogP contribution in [0.4, 0.5) is 5.69 Å². The van der Waals surface area contributed by atoms with Crippen LogP contribution in [-0.2, 0) is 0 Å². The van der Waals surface area contributed by atoms with E-state index in [2.05, 4.69) is 20.3 Å². The molecule has 3 heterocycles. The summed E-state index contributed by atoms with van der Waals surface area (Å²) in [6.45, 7) is 1.91. The van der Waals surface area contributed by atoms with Crippen molar-refractivity contribution in [2.24, 2.45) is 0 Å². The number of amides is 1. The van der Waals surface area contributed by atoms with Crippen molar-refractivity contribution >= 4 is 22.5 Å².